The molecule has 30 heavy (non-hydrogen) atoms. The van der Waals surface area contributed by atoms with E-state index in [9.17, 15) is 9.90 Å². The van der Waals surface area contributed by atoms with Gasteiger partial charge in [0.1, 0.15) is 17.4 Å². The molecular weight excluding hydrogens is 382 g/mol. The SMILES string of the molecule is CCCCOC1C[C@H]2C(=O)N3[C@H](CCCC)OC[C@@]3([C@@H](O)[C@@H]3C=CCCC3)[C@@]2(C)O1. The Bertz CT molecular complexity index is 654. The van der Waals surface area contributed by atoms with Gasteiger partial charge in [-0.15, -0.1) is 0 Å². The molecule has 3 aliphatic heterocycles. The van der Waals surface area contributed by atoms with Crippen LogP contribution < -0.4 is 0 Å². The number of aliphatic hydroxyl groups excluding tert-OH is 1. The van der Waals surface area contributed by atoms with Crippen LogP contribution in [-0.2, 0) is 19.0 Å². The van der Waals surface area contributed by atoms with Gasteiger partial charge in [0.2, 0.25) is 5.91 Å². The van der Waals surface area contributed by atoms with E-state index in [4.69, 9.17) is 14.2 Å². The molecule has 0 aromatic rings. The van der Waals surface area contributed by atoms with Gasteiger partial charge in [-0.2, -0.15) is 0 Å². The summed E-state index contributed by atoms with van der Waals surface area (Å²) in [5, 5.41) is 11.8. The van der Waals surface area contributed by atoms with E-state index in [-0.39, 0.29) is 24.0 Å². The van der Waals surface area contributed by atoms with E-state index in [0.29, 0.717) is 19.6 Å². The Morgan fingerprint density at radius 3 is 2.83 bits per heavy atom. The smallest absolute Gasteiger partial charge is 0.231 e. The van der Waals surface area contributed by atoms with Crippen molar-refractivity contribution in [2.24, 2.45) is 11.8 Å². The third kappa shape index (κ3) is 3.35. The van der Waals surface area contributed by atoms with Gasteiger partial charge in [0.25, 0.3) is 0 Å². The molecule has 6 nitrogen and oxygen atoms in total. The first-order valence-electron chi connectivity index (χ1n) is 12.1. The van der Waals surface area contributed by atoms with Crippen LogP contribution in [0.15, 0.2) is 12.2 Å². The van der Waals surface area contributed by atoms with E-state index >= 15 is 0 Å². The van der Waals surface area contributed by atoms with Crippen LogP contribution in [0.5, 0.6) is 0 Å². The fraction of sp³-hybridized carbons (Fsp3) is 0.875. The summed E-state index contributed by atoms with van der Waals surface area (Å²) in [4.78, 5) is 15.6. The van der Waals surface area contributed by atoms with Gasteiger partial charge in [0, 0.05) is 18.9 Å². The van der Waals surface area contributed by atoms with Crippen molar-refractivity contribution in [2.45, 2.75) is 108 Å². The molecule has 0 aromatic heterocycles. The van der Waals surface area contributed by atoms with Crippen LogP contribution in [-0.4, -0.2) is 58.9 Å². The van der Waals surface area contributed by atoms with Crippen molar-refractivity contribution in [3.05, 3.63) is 12.2 Å². The van der Waals surface area contributed by atoms with Gasteiger partial charge in [-0.25, -0.2) is 0 Å². The molecule has 0 spiro atoms. The molecule has 170 valence electrons. The van der Waals surface area contributed by atoms with Gasteiger partial charge in [-0.05, 0) is 45.4 Å². The molecule has 0 saturated carbocycles. The molecule has 1 amide bonds. The minimum absolute atomic E-state index is 0.0156. The Labute approximate surface area is 180 Å². The summed E-state index contributed by atoms with van der Waals surface area (Å²) < 4.78 is 18.7. The molecular formula is C24H39NO5. The molecule has 3 fully saturated rings. The first-order valence-corrected chi connectivity index (χ1v) is 12.1. The predicted molar refractivity (Wildman–Crippen MR) is 114 cm³/mol. The molecule has 4 rings (SSSR count). The van der Waals surface area contributed by atoms with Crippen molar-refractivity contribution >= 4 is 5.91 Å². The van der Waals surface area contributed by atoms with Crippen molar-refractivity contribution in [3.63, 3.8) is 0 Å². The molecule has 1 aliphatic carbocycles. The summed E-state index contributed by atoms with van der Waals surface area (Å²) in [6.45, 7) is 7.25. The third-order valence-electron chi connectivity index (χ3n) is 7.87. The van der Waals surface area contributed by atoms with Crippen molar-refractivity contribution in [1.29, 1.82) is 0 Å². The molecule has 4 aliphatic rings. The Morgan fingerprint density at radius 2 is 2.13 bits per heavy atom. The Morgan fingerprint density at radius 1 is 1.33 bits per heavy atom. The molecule has 6 heteroatoms. The van der Waals surface area contributed by atoms with E-state index in [2.05, 4.69) is 26.0 Å². The number of hydrogen-bond acceptors (Lipinski definition) is 5. The number of ether oxygens (including phenoxy) is 3. The minimum Gasteiger partial charge on any atom is -0.390 e. The maximum Gasteiger partial charge on any atom is 0.231 e. The second-order valence-corrected chi connectivity index (χ2v) is 9.68. The Kier molecular flexibility index (Phi) is 6.59. The molecule has 0 aromatic carbocycles. The van der Waals surface area contributed by atoms with Gasteiger partial charge in [0.05, 0.1) is 18.6 Å². The first-order chi connectivity index (χ1) is 14.5. The zero-order valence-corrected chi connectivity index (χ0v) is 18.8. The second-order valence-electron chi connectivity index (χ2n) is 9.68. The average Bonchev–Trinajstić information content (AvgIpc) is 3.36. The molecule has 3 heterocycles. The second kappa shape index (κ2) is 8.89. The van der Waals surface area contributed by atoms with E-state index in [0.717, 1.165) is 51.4 Å². The first kappa shape index (κ1) is 22.3. The van der Waals surface area contributed by atoms with Crippen LogP contribution in [0.4, 0.5) is 0 Å². The van der Waals surface area contributed by atoms with Gasteiger partial charge in [-0.1, -0.05) is 38.8 Å². The summed E-state index contributed by atoms with van der Waals surface area (Å²) in [7, 11) is 0. The van der Waals surface area contributed by atoms with Crippen LogP contribution in [0.25, 0.3) is 0 Å². The molecule has 7 atom stereocenters. The van der Waals surface area contributed by atoms with Crippen molar-refractivity contribution in [1.82, 2.24) is 4.90 Å². The van der Waals surface area contributed by atoms with Crippen molar-refractivity contribution in [2.75, 3.05) is 13.2 Å². The predicted octanol–water partition coefficient (Wildman–Crippen LogP) is 3.77. The van der Waals surface area contributed by atoms with Crippen LogP contribution in [0.3, 0.4) is 0 Å². The van der Waals surface area contributed by atoms with E-state index in [1.807, 2.05) is 11.8 Å². The number of allylic oxidation sites excluding steroid dienone is 1. The highest BCUT2D eigenvalue weighted by Gasteiger charge is 2.76. The van der Waals surface area contributed by atoms with Gasteiger partial charge in [0.15, 0.2) is 6.29 Å². The minimum atomic E-state index is -0.859. The summed E-state index contributed by atoms with van der Waals surface area (Å²) in [6.07, 6.45) is 11.4. The lowest BCUT2D eigenvalue weighted by Crippen LogP contribution is -2.67. The molecule has 1 N–H and O–H groups in total. The van der Waals surface area contributed by atoms with E-state index in [1.54, 1.807) is 0 Å². The van der Waals surface area contributed by atoms with Crippen LogP contribution in [0.1, 0.15) is 78.6 Å². The molecule has 0 radical (unpaired) electrons. The quantitative estimate of drug-likeness (QED) is 0.453. The maximum absolute atomic E-state index is 13.7. The summed E-state index contributed by atoms with van der Waals surface area (Å²) >= 11 is 0. The van der Waals surface area contributed by atoms with Crippen LogP contribution in [0.2, 0.25) is 0 Å². The lowest BCUT2D eigenvalue weighted by molar-refractivity contribution is -0.212. The number of carbonyl (C=O) groups is 1. The van der Waals surface area contributed by atoms with Crippen LogP contribution in [0, 0.1) is 11.8 Å². The van der Waals surface area contributed by atoms with Gasteiger partial charge in [-0.3, -0.25) is 4.79 Å². The zero-order valence-electron chi connectivity index (χ0n) is 18.8. The number of fused-ring (bicyclic) bond motifs is 3. The summed E-state index contributed by atoms with van der Waals surface area (Å²) in [6, 6.07) is 0. The number of hydrogen-bond donors (Lipinski definition) is 1. The fourth-order valence-corrected chi connectivity index (χ4v) is 6.10. The van der Waals surface area contributed by atoms with E-state index in [1.165, 1.54) is 0 Å². The van der Waals surface area contributed by atoms with E-state index < -0.39 is 23.5 Å². The fourth-order valence-electron chi connectivity index (χ4n) is 6.10. The number of unbranched alkanes of at least 4 members (excludes halogenated alkanes) is 2. The van der Waals surface area contributed by atoms with Crippen LogP contribution >= 0.6 is 0 Å². The lowest BCUT2D eigenvalue weighted by atomic mass is 9.69. The number of amides is 1. The number of rotatable bonds is 9. The largest absolute Gasteiger partial charge is 0.390 e. The molecule has 0 bridgehead atoms. The highest BCUT2D eigenvalue weighted by atomic mass is 16.7. The monoisotopic (exact) mass is 421 g/mol. The Hall–Kier alpha value is -0.950. The highest BCUT2D eigenvalue weighted by Crippen LogP contribution is 2.59. The average molecular weight is 422 g/mol. The molecule has 1 unspecified atom stereocenters. The number of nitrogens with zero attached hydrogens (tertiary/aromatic N) is 1. The third-order valence-corrected chi connectivity index (χ3v) is 7.87. The summed E-state index contributed by atoms with van der Waals surface area (Å²) in [5.74, 6) is -0.210. The van der Waals surface area contributed by atoms with Gasteiger partial charge >= 0.3 is 0 Å². The highest BCUT2D eigenvalue weighted by molar-refractivity contribution is 5.86. The molecule has 3 saturated heterocycles. The van der Waals surface area contributed by atoms with Crippen molar-refractivity contribution < 1.29 is 24.1 Å². The van der Waals surface area contributed by atoms with Gasteiger partial charge < -0.3 is 24.2 Å². The topological polar surface area (TPSA) is 68.2 Å². The lowest BCUT2D eigenvalue weighted by Gasteiger charge is -2.47. The normalized spacial score (nSPS) is 41.3. The number of carbonyl (C=O) groups excluding carboxylic acids is 1. The number of aliphatic hydroxyl groups is 1. The standard InChI is InChI=1S/C24H39NO5/c1-4-6-13-19-25-22(27)18-15-20(28-14-7-5-2)30-23(18,3)24(25,16-29-19)21(26)17-11-9-8-10-12-17/h9,11,17-21,26H,4-8,10,12-16H2,1-3H3/t17-,18+,19+,20?,21+,23+,24-/m1/s1. The van der Waals surface area contributed by atoms with Crippen molar-refractivity contribution in [3.8, 4) is 0 Å². The summed E-state index contributed by atoms with van der Waals surface area (Å²) in [5.41, 5.74) is -1.67. The maximum atomic E-state index is 13.7. The zero-order chi connectivity index (χ0) is 21.4. The Balaban J connectivity index is 1.65.